The molecule has 1 heterocycles. The van der Waals surface area contributed by atoms with E-state index in [2.05, 4.69) is 5.32 Å². The van der Waals surface area contributed by atoms with Crippen molar-refractivity contribution in [1.29, 1.82) is 0 Å². The lowest BCUT2D eigenvalue weighted by molar-refractivity contribution is -0.124. The quantitative estimate of drug-likeness (QED) is 0.642. The van der Waals surface area contributed by atoms with Crippen LogP contribution in [0.3, 0.4) is 0 Å². The first-order valence-corrected chi connectivity index (χ1v) is 6.05. The number of nitrogens with one attached hydrogen (secondary N) is 1. The van der Waals surface area contributed by atoms with E-state index in [1.54, 1.807) is 0 Å². The Bertz CT molecular complexity index is 158. The van der Waals surface area contributed by atoms with Gasteiger partial charge in [0.2, 0.25) is 5.91 Å². The van der Waals surface area contributed by atoms with Crippen LogP contribution in [0.15, 0.2) is 0 Å². The molecule has 1 rings (SSSR count). The van der Waals surface area contributed by atoms with Crippen molar-refractivity contribution in [3.63, 3.8) is 0 Å². The second kappa shape index (κ2) is 6.27. The topological polar surface area (TPSA) is 55.1 Å². The van der Waals surface area contributed by atoms with Gasteiger partial charge in [-0.3, -0.25) is 4.79 Å². The van der Waals surface area contributed by atoms with Gasteiger partial charge in [0.15, 0.2) is 0 Å². The fraction of sp³-hybridized carbons (Fsp3) is 0.889. The molecule has 0 aromatic rings. The molecule has 3 nitrogen and oxygen atoms in total. The van der Waals surface area contributed by atoms with E-state index in [1.807, 2.05) is 11.8 Å². The van der Waals surface area contributed by atoms with Gasteiger partial charge in [0.25, 0.3) is 0 Å². The molecule has 0 aliphatic carbocycles. The maximum atomic E-state index is 11.5. The van der Waals surface area contributed by atoms with Gasteiger partial charge in [-0.15, -0.1) is 0 Å². The summed E-state index contributed by atoms with van der Waals surface area (Å²) < 4.78 is 0. The van der Waals surface area contributed by atoms with Crippen LogP contribution in [0, 0.1) is 5.92 Å². The van der Waals surface area contributed by atoms with Gasteiger partial charge in [-0.05, 0) is 31.6 Å². The Morgan fingerprint density at radius 1 is 1.54 bits per heavy atom. The summed E-state index contributed by atoms with van der Waals surface area (Å²) in [5.41, 5.74) is 5.35. The minimum atomic E-state index is 0.238. The molecule has 1 aliphatic heterocycles. The molecular weight excluding hydrogens is 184 g/mol. The van der Waals surface area contributed by atoms with Gasteiger partial charge >= 0.3 is 0 Å². The maximum absolute atomic E-state index is 11.5. The predicted molar refractivity (Wildman–Crippen MR) is 56.7 cm³/mol. The average molecular weight is 202 g/mol. The van der Waals surface area contributed by atoms with E-state index >= 15 is 0 Å². The van der Waals surface area contributed by atoms with Crippen molar-refractivity contribution >= 4 is 17.7 Å². The molecule has 0 radical (unpaired) electrons. The number of unbranched alkanes of at least 4 members (excludes halogenated alkanes) is 1. The summed E-state index contributed by atoms with van der Waals surface area (Å²) in [6, 6.07) is 0. The molecular formula is C9H18N2OS. The Hall–Kier alpha value is -0.220. The van der Waals surface area contributed by atoms with E-state index in [0.717, 1.165) is 43.9 Å². The molecule has 0 bridgehead atoms. The third kappa shape index (κ3) is 4.00. The molecule has 1 unspecified atom stereocenters. The number of amides is 1. The minimum absolute atomic E-state index is 0.238. The number of thioether (sulfide) groups is 1. The Labute approximate surface area is 83.8 Å². The molecule has 1 aliphatic rings. The first-order chi connectivity index (χ1) is 6.34. The highest BCUT2D eigenvalue weighted by Crippen LogP contribution is 2.23. The van der Waals surface area contributed by atoms with Crippen molar-refractivity contribution < 1.29 is 4.79 Å². The Kier molecular flexibility index (Phi) is 5.23. The van der Waals surface area contributed by atoms with Crippen LogP contribution in [0.1, 0.15) is 19.3 Å². The summed E-state index contributed by atoms with van der Waals surface area (Å²) >= 11 is 1.87. The molecule has 0 aromatic carbocycles. The Morgan fingerprint density at radius 2 is 2.38 bits per heavy atom. The van der Waals surface area contributed by atoms with Crippen LogP contribution in [0.2, 0.25) is 0 Å². The lowest BCUT2D eigenvalue weighted by Crippen LogP contribution is -2.31. The van der Waals surface area contributed by atoms with E-state index in [0.29, 0.717) is 0 Å². The predicted octanol–water partition coefficient (Wildman–Crippen LogP) is 0.595. The number of hydrogen-bond donors (Lipinski definition) is 2. The molecule has 76 valence electrons. The smallest absolute Gasteiger partial charge is 0.223 e. The number of hydrogen-bond acceptors (Lipinski definition) is 3. The van der Waals surface area contributed by atoms with E-state index in [4.69, 9.17) is 5.73 Å². The zero-order valence-corrected chi connectivity index (χ0v) is 8.74. The highest BCUT2D eigenvalue weighted by Gasteiger charge is 2.22. The van der Waals surface area contributed by atoms with Crippen LogP contribution < -0.4 is 11.1 Å². The van der Waals surface area contributed by atoms with Crippen LogP contribution in [0.25, 0.3) is 0 Å². The van der Waals surface area contributed by atoms with E-state index in [9.17, 15) is 4.79 Å². The second-order valence-corrected chi connectivity index (χ2v) is 4.50. The molecule has 1 fully saturated rings. The van der Waals surface area contributed by atoms with Crippen LogP contribution in [0.5, 0.6) is 0 Å². The third-order valence-corrected chi connectivity index (χ3v) is 3.39. The largest absolute Gasteiger partial charge is 0.356 e. The van der Waals surface area contributed by atoms with Crippen LogP contribution in [0.4, 0.5) is 0 Å². The zero-order valence-electron chi connectivity index (χ0n) is 7.92. The third-order valence-electron chi connectivity index (χ3n) is 2.23. The van der Waals surface area contributed by atoms with Gasteiger partial charge in [-0.2, -0.15) is 11.8 Å². The van der Waals surface area contributed by atoms with Crippen molar-refractivity contribution in [2.75, 3.05) is 24.6 Å². The molecule has 3 N–H and O–H groups in total. The van der Waals surface area contributed by atoms with Gasteiger partial charge in [0.1, 0.15) is 0 Å². The zero-order chi connectivity index (χ0) is 9.52. The molecule has 13 heavy (non-hydrogen) atoms. The second-order valence-electron chi connectivity index (χ2n) is 3.35. The van der Waals surface area contributed by atoms with Crippen molar-refractivity contribution in [2.45, 2.75) is 19.3 Å². The lowest BCUT2D eigenvalue weighted by Gasteiger charge is -2.08. The Morgan fingerprint density at radius 3 is 3.00 bits per heavy atom. The highest BCUT2D eigenvalue weighted by molar-refractivity contribution is 7.99. The summed E-state index contributed by atoms with van der Waals surface area (Å²) in [7, 11) is 0. The fourth-order valence-electron chi connectivity index (χ4n) is 1.37. The van der Waals surface area contributed by atoms with Gasteiger partial charge in [-0.25, -0.2) is 0 Å². The molecule has 0 saturated carbocycles. The molecule has 4 heteroatoms. The van der Waals surface area contributed by atoms with E-state index in [1.165, 1.54) is 0 Å². The lowest BCUT2D eigenvalue weighted by atomic mass is 10.1. The van der Waals surface area contributed by atoms with Gasteiger partial charge in [0, 0.05) is 18.2 Å². The molecule has 0 aromatic heterocycles. The monoisotopic (exact) mass is 202 g/mol. The van der Waals surface area contributed by atoms with Gasteiger partial charge in [0.05, 0.1) is 0 Å². The number of nitrogens with two attached hydrogens (primary N) is 1. The summed E-state index contributed by atoms with van der Waals surface area (Å²) in [5, 5.41) is 2.95. The molecule has 1 saturated heterocycles. The summed E-state index contributed by atoms with van der Waals surface area (Å²) in [4.78, 5) is 11.5. The van der Waals surface area contributed by atoms with Crippen LogP contribution >= 0.6 is 11.8 Å². The standard InChI is InChI=1S/C9H18N2OS/c10-4-1-2-5-11-9(12)8-3-6-13-7-8/h8H,1-7,10H2,(H,11,12). The number of carbonyl (C=O) groups excluding carboxylic acids is 1. The Balaban J connectivity index is 2.03. The molecule has 0 spiro atoms. The van der Waals surface area contributed by atoms with Gasteiger partial charge < -0.3 is 11.1 Å². The molecule has 1 amide bonds. The van der Waals surface area contributed by atoms with E-state index < -0.39 is 0 Å². The normalized spacial score (nSPS) is 21.8. The van der Waals surface area contributed by atoms with Crippen molar-refractivity contribution in [1.82, 2.24) is 5.32 Å². The highest BCUT2D eigenvalue weighted by atomic mass is 32.2. The first-order valence-electron chi connectivity index (χ1n) is 4.90. The van der Waals surface area contributed by atoms with Crippen molar-refractivity contribution in [2.24, 2.45) is 11.7 Å². The van der Waals surface area contributed by atoms with Crippen molar-refractivity contribution in [3.05, 3.63) is 0 Å². The SMILES string of the molecule is NCCCCNC(=O)C1CCSC1. The molecule has 1 atom stereocenters. The first kappa shape index (κ1) is 10.9. The van der Waals surface area contributed by atoms with Crippen LogP contribution in [-0.4, -0.2) is 30.5 Å². The fourth-order valence-corrected chi connectivity index (χ4v) is 2.59. The van der Waals surface area contributed by atoms with Crippen LogP contribution in [-0.2, 0) is 4.79 Å². The number of rotatable bonds is 5. The minimum Gasteiger partial charge on any atom is -0.356 e. The number of carbonyl (C=O) groups is 1. The van der Waals surface area contributed by atoms with Gasteiger partial charge in [-0.1, -0.05) is 0 Å². The summed E-state index contributed by atoms with van der Waals surface area (Å²) in [5.74, 6) is 2.65. The summed E-state index contributed by atoms with van der Waals surface area (Å²) in [6.45, 7) is 1.51. The average Bonchev–Trinajstić information content (AvgIpc) is 2.65. The maximum Gasteiger partial charge on any atom is 0.223 e. The van der Waals surface area contributed by atoms with E-state index in [-0.39, 0.29) is 11.8 Å². The van der Waals surface area contributed by atoms with Crippen molar-refractivity contribution in [3.8, 4) is 0 Å². The summed E-state index contributed by atoms with van der Waals surface area (Å²) in [6.07, 6.45) is 3.05.